The van der Waals surface area contributed by atoms with Gasteiger partial charge in [0.1, 0.15) is 0 Å². The Morgan fingerprint density at radius 1 is 1.14 bits per heavy atom. The molecule has 4 aliphatic rings. The minimum Gasteiger partial charge on any atom is -0.350 e. The first-order valence-corrected chi connectivity index (χ1v) is 11.7. The molecule has 0 saturated heterocycles. The van der Waals surface area contributed by atoms with Gasteiger partial charge in [-0.25, -0.2) is 0 Å². The molecule has 1 aromatic carbocycles. The molecule has 5 nitrogen and oxygen atoms in total. The predicted molar refractivity (Wildman–Crippen MR) is 116 cm³/mol. The molecule has 154 valence electrons. The molecule has 0 spiro atoms. The normalized spacial score (nSPS) is 31.1. The molecule has 1 heterocycles. The maximum absolute atomic E-state index is 13.1. The van der Waals surface area contributed by atoms with Gasteiger partial charge in [-0.2, -0.15) is 0 Å². The Balaban J connectivity index is 1.28. The Labute approximate surface area is 177 Å². The summed E-state index contributed by atoms with van der Waals surface area (Å²) in [4.78, 5) is 13.1. The zero-order chi connectivity index (χ0) is 20.2. The van der Waals surface area contributed by atoms with Gasteiger partial charge >= 0.3 is 0 Å². The quantitative estimate of drug-likeness (QED) is 0.744. The van der Waals surface area contributed by atoms with E-state index < -0.39 is 0 Å². The molecule has 4 saturated carbocycles. The molecule has 0 aliphatic heterocycles. The van der Waals surface area contributed by atoms with E-state index >= 15 is 0 Å². The van der Waals surface area contributed by atoms with Crippen molar-refractivity contribution in [3.63, 3.8) is 0 Å². The fourth-order valence-corrected chi connectivity index (χ4v) is 7.13. The summed E-state index contributed by atoms with van der Waals surface area (Å²) in [6.07, 6.45) is 7.72. The number of carbonyl (C=O) groups excluding carboxylic acids is 1. The number of nitrogens with zero attached hydrogens (tertiary/aromatic N) is 3. The minimum absolute atomic E-state index is 0.0624. The van der Waals surface area contributed by atoms with E-state index in [9.17, 15) is 4.79 Å². The van der Waals surface area contributed by atoms with Crippen LogP contribution in [0.4, 0.5) is 0 Å². The second kappa shape index (κ2) is 7.15. The standard InChI is InChI=1S/C23H30N4OS/c1-14-6-4-5-7-19(14)20-25-26-22(27(20)3)29-15(2)21(28)24-23-11-16-8-17(12-23)10-18(9-16)13-23/h4-7,15-18H,8-13H2,1-3H3,(H,24,28)/t15-,16?,17?,18?,23?/m1/s1. The summed E-state index contributed by atoms with van der Waals surface area (Å²) >= 11 is 1.51. The van der Waals surface area contributed by atoms with Crippen LogP contribution in [0, 0.1) is 24.7 Å². The number of hydrogen-bond donors (Lipinski definition) is 1. The molecule has 0 radical (unpaired) electrons. The summed E-state index contributed by atoms with van der Waals surface area (Å²) in [7, 11) is 1.98. The van der Waals surface area contributed by atoms with Crippen molar-refractivity contribution in [2.45, 2.75) is 68.3 Å². The first kappa shape index (κ1) is 19.2. The van der Waals surface area contributed by atoms with Crippen LogP contribution in [0.5, 0.6) is 0 Å². The van der Waals surface area contributed by atoms with E-state index in [0.717, 1.165) is 34.3 Å². The van der Waals surface area contributed by atoms with Gasteiger partial charge < -0.3 is 9.88 Å². The molecule has 1 amide bonds. The number of benzene rings is 1. The molecule has 6 rings (SSSR count). The van der Waals surface area contributed by atoms with Crippen LogP contribution in [0.15, 0.2) is 29.4 Å². The lowest BCUT2D eigenvalue weighted by Gasteiger charge is -2.57. The fourth-order valence-electron chi connectivity index (χ4n) is 6.31. The van der Waals surface area contributed by atoms with E-state index in [1.54, 1.807) is 0 Å². The molecule has 2 aromatic rings. The highest BCUT2D eigenvalue weighted by Crippen LogP contribution is 2.55. The first-order valence-electron chi connectivity index (χ1n) is 10.9. The van der Waals surface area contributed by atoms with Crippen LogP contribution >= 0.6 is 11.8 Å². The lowest BCUT2D eigenvalue weighted by atomic mass is 9.53. The Bertz CT molecular complexity index is 901. The number of rotatable bonds is 5. The monoisotopic (exact) mass is 410 g/mol. The summed E-state index contributed by atoms with van der Waals surface area (Å²) in [5.41, 5.74) is 2.32. The van der Waals surface area contributed by atoms with Crippen molar-refractivity contribution in [3.05, 3.63) is 29.8 Å². The number of aryl methyl sites for hydroxylation is 1. The summed E-state index contributed by atoms with van der Waals surface area (Å²) in [6, 6.07) is 8.20. The van der Waals surface area contributed by atoms with Gasteiger partial charge in [-0.3, -0.25) is 4.79 Å². The highest BCUT2D eigenvalue weighted by molar-refractivity contribution is 8.00. The average molecular weight is 411 g/mol. The van der Waals surface area contributed by atoms with Crippen LogP contribution in [0.2, 0.25) is 0 Å². The van der Waals surface area contributed by atoms with E-state index in [0.29, 0.717) is 0 Å². The number of nitrogens with one attached hydrogen (secondary N) is 1. The molecule has 0 unspecified atom stereocenters. The number of carbonyl (C=O) groups is 1. The third-order valence-electron chi connectivity index (χ3n) is 7.30. The largest absolute Gasteiger partial charge is 0.350 e. The SMILES string of the molecule is Cc1ccccc1-c1nnc(S[C@H](C)C(=O)NC23CC4CC(CC(C4)C2)C3)n1C. The second-order valence-corrected chi connectivity index (χ2v) is 10.9. The highest BCUT2D eigenvalue weighted by Gasteiger charge is 2.51. The van der Waals surface area contributed by atoms with Crippen LogP contribution in [0.25, 0.3) is 11.4 Å². The third kappa shape index (κ3) is 3.49. The Morgan fingerprint density at radius 2 is 1.76 bits per heavy atom. The van der Waals surface area contributed by atoms with Gasteiger partial charge in [-0.15, -0.1) is 10.2 Å². The van der Waals surface area contributed by atoms with Crippen molar-refractivity contribution in [1.82, 2.24) is 20.1 Å². The summed E-state index contributed by atoms with van der Waals surface area (Å²) in [5.74, 6) is 3.50. The minimum atomic E-state index is -0.185. The number of amides is 1. The van der Waals surface area contributed by atoms with E-state index in [4.69, 9.17) is 0 Å². The fraction of sp³-hybridized carbons (Fsp3) is 0.609. The average Bonchev–Trinajstić information content (AvgIpc) is 3.01. The van der Waals surface area contributed by atoms with Crippen molar-refractivity contribution in [3.8, 4) is 11.4 Å². The molecule has 4 fully saturated rings. The van der Waals surface area contributed by atoms with Crippen LogP contribution in [-0.4, -0.2) is 31.5 Å². The highest BCUT2D eigenvalue weighted by atomic mass is 32.2. The number of thioether (sulfide) groups is 1. The van der Waals surface area contributed by atoms with Crippen molar-refractivity contribution in [2.24, 2.45) is 24.8 Å². The van der Waals surface area contributed by atoms with Crippen molar-refractivity contribution in [2.75, 3.05) is 0 Å². The molecule has 1 atom stereocenters. The van der Waals surface area contributed by atoms with E-state index in [-0.39, 0.29) is 16.7 Å². The van der Waals surface area contributed by atoms with E-state index in [1.165, 1.54) is 55.9 Å². The van der Waals surface area contributed by atoms with Crippen LogP contribution in [0.3, 0.4) is 0 Å². The zero-order valence-electron chi connectivity index (χ0n) is 17.5. The van der Waals surface area contributed by atoms with Gasteiger partial charge in [0, 0.05) is 18.2 Å². The topological polar surface area (TPSA) is 59.8 Å². The second-order valence-electron chi connectivity index (χ2n) is 9.63. The van der Waals surface area contributed by atoms with Crippen LogP contribution in [-0.2, 0) is 11.8 Å². The van der Waals surface area contributed by atoms with Gasteiger partial charge in [-0.1, -0.05) is 36.0 Å². The predicted octanol–water partition coefficient (Wildman–Crippen LogP) is 4.36. The number of aromatic nitrogens is 3. The molecule has 4 bridgehead atoms. The zero-order valence-corrected chi connectivity index (χ0v) is 18.3. The number of hydrogen-bond acceptors (Lipinski definition) is 4. The van der Waals surface area contributed by atoms with Gasteiger partial charge in [0.15, 0.2) is 11.0 Å². The Hall–Kier alpha value is -1.82. The lowest BCUT2D eigenvalue weighted by molar-refractivity contribution is -0.126. The smallest absolute Gasteiger partial charge is 0.233 e. The van der Waals surface area contributed by atoms with Gasteiger partial charge in [0.25, 0.3) is 0 Å². The summed E-state index contributed by atoms with van der Waals surface area (Å²) in [5, 5.41) is 12.9. The van der Waals surface area contributed by atoms with Gasteiger partial charge in [0.2, 0.25) is 5.91 Å². The maximum atomic E-state index is 13.1. The molecule has 1 N–H and O–H groups in total. The lowest BCUT2D eigenvalue weighted by Crippen LogP contribution is -2.60. The molecule has 29 heavy (non-hydrogen) atoms. The molecule has 6 heteroatoms. The van der Waals surface area contributed by atoms with Crippen LogP contribution in [0.1, 0.15) is 51.0 Å². The first-order chi connectivity index (χ1) is 13.9. The van der Waals surface area contributed by atoms with E-state index in [2.05, 4.69) is 34.6 Å². The Morgan fingerprint density at radius 3 is 2.38 bits per heavy atom. The molecule has 1 aromatic heterocycles. The summed E-state index contributed by atoms with van der Waals surface area (Å²) < 4.78 is 2.00. The van der Waals surface area contributed by atoms with Gasteiger partial charge in [0.05, 0.1) is 5.25 Å². The molecular weight excluding hydrogens is 380 g/mol. The van der Waals surface area contributed by atoms with Gasteiger partial charge in [-0.05, 0) is 75.7 Å². The Kier molecular flexibility index (Phi) is 4.72. The maximum Gasteiger partial charge on any atom is 0.233 e. The van der Waals surface area contributed by atoms with Crippen molar-refractivity contribution >= 4 is 17.7 Å². The van der Waals surface area contributed by atoms with Crippen molar-refractivity contribution < 1.29 is 4.79 Å². The van der Waals surface area contributed by atoms with Crippen LogP contribution < -0.4 is 5.32 Å². The molecule has 4 aliphatic carbocycles. The van der Waals surface area contributed by atoms with Crippen molar-refractivity contribution in [1.29, 1.82) is 0 Å². The third-order valence-corrected chi connectivity index (χ3v) is 8.43. The molecular formula is C23H30N4OS. The van der Waals surface area contributed by atoms with E-state index in [1.807, 2.05) is 30.7 Å². The summed E-state index contributed by atoms with van der Waals surface area (Å²) in [6.45, 7) is 4.07.